The Morgan fingerprint density at radius 2 is 2.14 bits per heavy atom. The van der Waals surface area contributed by atoms with Crippen LogP contribution >= 0.6 is 0 Å². The number of hydrogen-bond donors (Lipinski definition) is 1. The fourth-order valence-corrected chi connectivity index (χ4v) is 3.62. The van der Waals surface area contributed by atoms with Gasteiger partial charge in [0.15, 0.2) is 5.84 Å². The standard InChI is InChI=1S/C20H23F3N4O2/c1-12-7-8-13(2)14(9-12)10-18(28)29-26-17(24)11-27-16-6-4-3-5-15(16)25-19(27)20(21,22)23/h3-6,13-14H,1,7-11H2,2H3,(H2,24,26). The first-order valence-electron chi connectivity index (χ1n) is 9.36. The summed E-state index contributed by atoms with van der Waals surface area (Å²) in [5, 5.41) is 3.54. The molecular formula is C20H23F3N4O2. The molecule has 1 fully saturated rings. The molecule has 0 spiro atoms. The van der Waals surface area contributed by atoms with Crippen molar-refractivity contribution >= 4 is 22.8 Å². The number of allylic oxidation sites excluding steroid dienone is 1. The number of halogens is 3. The normalized spacial score (nSPS) is 20.8. The SMILES string of the molecule is C=C1CCC(C)C(CC(=O)O/N=C(\N)Cn2c(C(F)(F)F)nc3ccccc32)C1. The van der Waals surface area contributed by atoms with Gasteiger partial charge < -0.3 is 15.1 Å². The van der Waals surface area contributed by atoms with E-state index < -0.39 is 24.5 Å². The van der Waals surface area contributed by atoms with Crippen LogP contribution in [-0.2, 0) is 22.4 Å². The van der Waals surface area contributed by atoms with E-state index in [0.29, 0.717) is 5.92 Å². The third-order valence-electron chi connectivity index (χ3n) is 5.23. The molecule has 6 nitrogen and oxygen atoms in total. The molecule has 3 rings (SSSR count). The molecular weight excluding hydrogens is 385 g/mol. The number of nitrogens with zero attached hydrogens (tertiary/aromatic N) is 3. The molecule has 2 N–H and O–H groups in total. The van der Waals surface area contributed by atoms with Gasteiger partial charge in [0.05, 0.1) is 24.0 Å². The van der Waals surface area contributed by atoms with Crippen molar-refractivity contribution in [3.63, 3.8) is 0 Å². The van der Waals surface area contributed by atoms with Gasteiger partial charge in [0, 0.05) is 0 Å². The lowest BCUT2D eigenvalue weighted by Gasteiger charge is -2.29. The van der Waals surface area contributed by atoms with Crippen LogP contribution in [0.15, 0.2) is 41.6 Å². The molecule has 2 atom stereocenters. The first-order valence-corrected chi connectivity index (χ1v) is 9.36. The predicted octanol–water partition coefficient (Wildman–Crippen LogP) is 4.25. The van der Waals surface area contributed by atoms with Crippen LogP contribution in [0.2, 0.25) is 0 Å². The highest BCUT2D eigenvalue weighted by molar-refractivity contribution is 5.84. The Bertz CT molecular complexity index is 949. The number of nitrogens with two attached hydrogens (primary N) is 1. The molecule has 1 heterocycles. The second-order valence-corrected chi connectivity index (χ2v) is 7.49. The van der Waals surface area contributed by atoms with Crippen LogP contribution in [0, 0.1) is 11.8 Å². The van der Waals surface area contributed by atoms with Crippen LogP contribution < -0.4 is 5.73 Å². The van der Waals surface area contributed by atoms with Gasteiger partial charge in [-0.25, -0.2) is 9.78 Å². The second kappa shape index (κ2) is 8.26. The number of aromatic nitrogens is 2. The molecule has 1 aromatic heterocycles. The van der Waals surface area contributed by atoms with Crippen molar-refractivity contribution in [2.45, 2.75) is 45.3 Å². The van der Waals surface area contributed by atoms with E-state index in [4.69, 9.17) is 10.6 Å². The Hall–Kier alpha value is -2.84. The zero-order chi connectivity index (χ0) is 21.2. The van der Waals surface area contributed by atoms with E-state index in [-0.39, 0.29) is 29.2 Å². The predicted molar refractivity (Wildman–Crippen MR) is 103 cm³/mol. The average Bonchev–Trinajstić information content (AvgIpc) is 3.02. The fourth-order valence-electron chi connectivity index (χ4n) is 3.62. The molecule has 0 aliphatic heterocycles. The van der Waals surface area contributed by atoms with Crippen molar-refractivity contribution in [3.8, 4) is 0 Å². The van der Waals surface area contributed by atoms with Gasteiger partial charge in [0.2, 0.25) is 5.82 Å². The Morgan fingerprint density at radius 3 is 2.86 bits per heavy atom. The average molecular weight is 408 g/mol. The molecule has 9 heteroatoms. The fraction of sp³-hybridized carbons (Fsp3) is 0.450. The maximum absolute atomic E-state index is 13.3. The van der Waals surface area contributed by atoms with Crippen LogP contribution in [0.1, 0.15) is 38.4 Å². The van der Waals surface area contributed by atoms with Crippen LogP contribution in [0.4, 0.5) is 13.2 Å². The Kier molecular flexibility index (Phi) is 5.95. The third kappa shape index (κ3) is 4.96. The lowest BCUT2D eigenvalue weighted by atomic mass is 9.77. The Morgan fingerprint density at radius 1 is 1.41 bits per heavy atom. The van der Waals surface area contributed by atoms with Gasteiger partial charge in [0.25, 0.3) is 0 Å². The third-order valence-corrected chi connectivity index (χ3v) is 5.23. The largest absolute Gasteiger partial charge is 0.449 e. The van der Waals surface area contributed by atoms with Crippen molar-refractivity contribution in [2.24, 2.45) is 22.7 Å². The molecule has 2 aromatic rings. The van der Waals surface area contributed by atoms with E-state index >= 15 is 0 Å². The zero-order valence-corrected chi connectivity index (χ0v) is 16.1. The van der Waals surface area contributed by atoms with Crippen LogP contribution in [-0.4, -0.2) is 21.4 Å². The number of carbonyl (C=O) groups excluding carboxylic acids is 1. The smallest absolute Gasteiger partial charge is 0.383 e. The lowest BCUT2D eigenvalue weighted by molar-refractivity contribution is -0.147. The Balaban J connectivity index is 1.70. The highest BCUT2D eigenvalue weighted by atomic mass is 19.4. The summed E-state index contributed by atoms with van der Waals surface area (Å²) in [6, 6.07) is 6.19. The minimum Gasteiger partial charge on any atom is -0.383 e. The van der Waals surface area contributed by atoms with Gasteiger partial charge in [-0.3, -0.25) is 0 Å². The van der Waals surface area contributed by atoms with E-state index in [0.717, 1.165) is 29.4 Å². The number of carbonyl (C=O) groups is 1. The van der Waals surface area contributed by atoms with E-state index in [2.05, 4.69) is 23.6 Å². The first kappa shape index (κ1) is 20.9. The first-order chi connectivity index (χ1) is 13.6. The van der Waals surface area contributed by atoms with Crippen molar-refractivity contribution in [2.75, 3.05) is 0 Å². The van der Waals surface area contributed by atoms with Gasteiger partial charge in [-0.2, -0.15) is 13.2 Å². The number of oxime groups is 1. The zero-order valence-electron chi connectivity index (χ0n) is 16.1. The number of rotatable bonds is 5. The summed E-state index contributed by atoms with van der Waals surface area (Å²) < 4.78 is 40.9. The molecule has 0 amide bonds. The maximum Gasteiger partial charge on any atom is 0.449 e. The summed E-state index contributed by atoms with van der Waals surface area (Å²) in [6.07, 6.45) is -1.81. The second-order valence-electron chi connectivity index (χ2n) is 7.49. The minimum atomic E-state index is -4.66. The molecule has 0 saturated heterocycles. The summed E-state index contributed by atoms with van der Waals surface area (Å²) in [6.45, 7) is 5.65. The van der Waals surface area contributed by atoms with Gasteiger partial charge in [0.1, 0.15) is 0 Å². The van der Waals surface area contributed by atoms with Crippen molar-refractivity contribution < 1.29 is 22.8 Å². The Labute approximate surface area is 166 Å². The van der Waals surface area contributed by atoms with Gasteiger partial charge in [-0.15, -0.1) is 0 Å². The van der Waals surface area contributed by atoms with E-state index in [1.54, 1.807) is 12.1 Å². The van der Waals surface area contributed by atoms with E-state index in [1.165, 1.54) is 12.1 Å². The highest BCUT2D eigenvalue weighted by Gasteiger charge is 2.37. The molecule has 1 aliphatic carbocycles. The van der Waals surface area contributed by atoms with Gasteiger partial charge >= 0.3 is 12.1 Å². The summed E-state index contributed by atoms with van der Waals surface area (Å²) >= 11 is 0. The van der Waals surface area contributed by atoms with Gasteiger partial charge in [-0.1, -0.05) is 36.4 Å². The maximum atomic E-state index is 13.3. The summed E-state index contributed by atoms with van der Waals surface area (Å²) in [5.41, 5.74) is 7.30. The molecule has 0 radical (unpaired) electrons. The van der Waals surface area contributed by atoms with Gasteiger partial charge in [-0.05, 0) is 43.2 Å². The number of alkyl halides is 3. The molecule has 2 unspecified atom stereocenters. The molecule has 1 saturated carbocycles. The van der Waals surface area contributed by atoms with Crippen LogP contribution in [0.5, 0.6) is 0 Å². The highest BCUT2D eigenvalue weighted by Crippen LogP contribution is 2.34. The van der Waals surface area contributed by atoms with Crippen molar-refractivity contribution in [1.82, 2.24) is 9.55 Å². The van der Waals surface area contributed by atoms with E-state index in [9.17, 15) is 18.0 Å². The topological polar surface area (TPSA) is 82.5 Å². The van der Waals surface area contributed by atoms with Crippen molar-refractivity contribution in [3.05, 3.63) is 42.2 Å². The molecule has 0 bridgehead atoms. The summed E-state index contributed by atoms with van der Waals surface area (Å²) in [5.74, 6) is -1.42. The summed E-state index contributed by atoms with van der Waals surface area (Å²) in [4.78, 5) is 20.6. The molecule has 1 aromatic carbocycles. The number of imidazole rings is 1. The number of benzene rings is 1. The van der Waals surface area contributed by atoms with Crippen LogP contribution in [0.3, 0.4) is 0 Å². The number of para-hydroxylation sites is 2. The molecule has 29 heavy (non-hydrogen) atoms. The molecule has 1 aliphatic rings. The number of hydrogen-bond acceptors (Lipinski definition) is 4. The lowest BCUT2D eigenvalue weighted by Crippen LogP contribution is -2.25. The number of fused-ring (bicyclic) bond motifs is 1. The molecule has 156 valence electrons. The number of amidine groups is 1. The summed E-state index contributed by atoms with van der Waals surface area (Å²) in [7, 11) is 0. The minimum absolute atomic E-state index is 0.120. The monoisotopic (exact) mass is 408 g/mol. The quantitative estimate of drug-likeness (QED) is 0.264. The van der Waals surface area contributed by atoms with Crippen LogP contribution in [0.25, 0.3) is 11.0 Å². The van der Waals surface area contributed by atoms with Crippen molar-refractivity contribution in [1.29, 1.82) is 0 Å². The van der Waals surface area contributed by atoms with E-state index in [1.807, 2.05) is 0 Å².